The van der Waals surface area contributed by atoms with Crippen LogP contribution in [0, 0.1) is 18.3 Å². The molecule has 0 aliphatic carbocycles. The normalized spacial score (nSPS) is 11.7. The molecular weight excluding hydrogens is 484 g/mol. The monoisotopic (exact) mass is 510 g/mol. The van der Waals surface area contributed by atoms with Gasteiger partial charge in [0, 0.05) is 22.8 Å². The Bertz CT molecular complexity index is 1100. The molecule has 1 aromatic heterocycles. The molecule has 1 atom stereocenters. The van der Waals surface area contributed by atoms with Crippen LogP contribution in [0.5, 0.6) is 5.75 Å². The molecule has 0 fully saturated rings. The number of nitriles is 1. The number of hydrogen-bond acceptors (Lipinski definition) is 8. The zero-order chi connectivity index (χ0) is 23.8. The van der Waals surface area contributed by atoms with E-state index in [2.05, 4.69) is 37.3 Å². The van der Waals surface area contributed by atoms with Crippen LogP contribution in [-0.2, 0) is 0 Å². The van der Waals surface area contributed by atoms with Crippen molar-refractivity contribution >= 4 is 38.9 Å². The lowest BCUT2D eigenvalue weighted by Crippen LogP contribution is -2.30. The molecule has 33 heavy (non-hydrogen) atoms. The minimum absolute atomic E-state index is 0.143. The van der Waals surface area contributed by atoms with Gasteiger partial charge in [0.2, 0.25) is 0 Å². The van der Waals surface area contributed by atoms with Crippen LogP contribution in [0.1, 0.15) is 5.56 Å². The largest absolute Gasteiger partial charge is 0.491 e. The van der Waals surface area contributed by atoms with Crippen LogP contribution in [0.25, 0.3) is 0 Å². The van der Waals surface area contributed by atoms with Gasteiger partial charge in [0.15, 0.2) is 0 Å². The number of hydrogen-bond donors (Lipinski definition) is 2. The van der Waals surface area contributed by atoms with Crippen molar-refractivity contribution in [2.75, 3.05) is 44.0 Å². The molecule has 0 aliphatic heterocycles. The van der Waals surface area contributed by atoms with Gasteiger partial charge in [-0.05, 0) is 78.9 Å². The Morgan fingerprint density at radius 1 is 1.15 bits per heavy atom. The summed E-state index contributed by atoms with van der Waals surface area (Å²) >= 11 is 3.59. The van der Waals surface area contributed by atoms with Gasteiger partial charge in [-0.3, -0.25) is 0 Å². The van der Waals surface area contributed by atoms with Crippen molar-refractivity contribution in [3.05, 3.63) is 64.9 Å². The maximum atomic E-state index is 9.93. The summed E-state index contributed by atoms with van der Waals surface area (Å²) in [7, 11) is 3.81. The zero-order valence-electron chi connectivity index (χ0n) is 18.9. The maximum absolute atomic E-state index is 9.93. The van der Waals surface area contributed by atoms with Gasteiger partial charge < -0.3 is 25.0 Å². The molecule has 2 aromatic carbocycles. The third-order valence-electron chi connectivity index (χ3n) is 4.70. The highest BCUT2D eigenvalue weighted by Crippen LogP contribution is 2.32. The molecule has 8 nitrogen and oxygen atoms in total. The first kappa shape index (κ1) is 24.5. The second kappa shape index (κ2) is 11.6. The number of nitrogens with one attached hydrogen (secondary N) is 1. The van der Waals surface area contributed by atoms with Crippen LogP contribution in [0.4, 0.5) is 23.0 Å². The number of ether oxygens (including phenoxy) is 1. The van der Waals surface area contributed by atoms with E-state index in [-0.39, 0.29) is 13.2 Å². The van der Waals surface area contributed by atoms with E-state index in [0.29, 0.717) is 23.9 Å². The van der Waals surface area contributed by atoms with E-state index in [1.165, 1.54) is 6.33 Å². The zero-order valence-corrected chi connectivity index (χ0v) is 20.5. The fraction of sp³-hybridized carbons (Fsp3) is 0.292. The molecule has 1 heterocycles. The van der Waals surface area contributed by atoms with Crippen LogP contribution in [0.3, 0.4) is 0 Å². The molecule has 0 unspecified atom stereocenters. The maximum Gasteiger partial charge on any atom is 0.139 e. The molecule has 2 N–H and O–H groups in total. The second-order valence-electron chi connectivity index (χ2n) is 7.84. The van der Waals surface area contributed by atoms with E-state index < -0.39 is 6.10 Å². The van der Waals surface area contributed by atoms with Gasteiger partial charge in [-0.2, -0.15) is 5.26 Å². The minimum Gasteiger partial charge on any atom is -0.491 e. The predicted molar refractivity (Wildman–Crippen MR) is 133 cm³/mol. The van der Waals surface area contributed by atoms with Crippen molar-refractivity contribution in [2.24, 2.45) is 0 Å². The van der Waals surface area contributed by atoms with E-state index in [1.807, 2.05) is 73.3 Å². The van der Waals surface area contributed by atoms with Crippen molar-refractivity contribution < 1.29 is 9.84 Å². The van der Waals surface area contributed by atoms with Crippen molar-refractivity contribution in [3.8, 4) is 11.8 Å². The highest BCUT2D eigenvalue weighted by molar-refractivity contribution is 9.10. The minimum atomic E-state index is -0.554. The Balaban J connectivity index is 1.71. The Morgan fingerprint density at radius 3 is 2.58 bits per heavy atom. The number of aliphatic hydroxyl groups excluding tert-OH is 1. The number of benzene rings is 2. The number of aliphatic hydroxyl groups is 1. The number of halogens is 1. The van der Waals surface area contributed by atoms with Gasteiger partial charge in [0.25, 0.3) is 0 Å². The van der Waals surface area contributed by atoms with Crippen LogP contribution in [0.15, 0.2) is 59.3 Å². The number of likely N-dealkylation sites (N-methyl/N-ethyl adjacent to an activating group) is 1. The predicted octanol–water partition coefficient (Wildman–Crippen LogP) is 4.25. The molecule has 0 bridgehead atoms. The first-order chi connectivity index (χ1) is 15.9. The Hall–Kier alpha value is -3.19. The summed E-state index contributed by atoms with van der Waals surface area (Å²) in [5.74, 6) is 1.88. The summed E-state index contributed by atoms with van der Waals surface area (Å²) in [5.41, 5.74) is 2.79. The molecule has 172 valence electrons. The summed E-state index contributed by atoms with van der Waals surface area (Å²) in [5, 5.41) is 22.5. The number of nitrogens with zero attached hydrogens (tertiary/aromatic N) is 5. The second-order valence-corrected chi connectivity index (χ2v) is 8.69. The van der Waals surface area contributed by atoms with Crippen LogP contribution >= 0.6 is 15.9 Å². The molecule has 3 aromatic rings. The fourth-order valence-corrected chi connectivity index (χ4v) is 3.91. The lowest BCUT2D eigenvalue weighted by Gasteiger charge is -2.22. The van der Waals surface area contributed by atoms with Crippen molar-refractivity contribution in [3.63, 3.8) is 0 Å². The van der Waals surface area contributed by atoms with E-state index in [1.54, 1.807) is 6.07 Å². The molecular formula is C24H27BrN6O2. The number of rotatable bonds is 10. The van der Waals surface area contributed by atoms with E-state index >= 15 is 0 Å². The van der Waals surface area contributed by atoms with Gasteiger partial charge >= 0.3 is 0 Å². The van der Waals surface area contributed by atoms with Crippen LogP contribution < -0.4 is 15.0 Å². The fourth-order valence-electron chi connectivity index (χ4n) is 3.20. The topological polar surface area (TPSA) is 97.5 Å². The first-order valence-electron chi connectivity index (χ1n) is 10.4. The standard InChI is InChI=1S/C24H27BrN6O2/c1-17-4-9-22(21(25)12-17)31(11-10-26)24-13-23(27-16-28-24)29-18-5-7-20(8-6-18)33-15-19(32)14-30(2)3/h4-9,12-13,16,19,32H,11,14-15H2,1-3H3,(H,27,28,29)/t19-/m0/s1. The average Bonchev–Trinajstić information content (AvgIpc) is 2.77. The Kier molecular flexibility index (Phi) is 8.60. The Morgan fingerprint density at radius 2 is 1.91 bits per heavy atom. The molecule has 9 heteroatoms. The van der Waals surface area contributed by atoms with Crippen LogP contribution in [-0.4, -0.2) is 59.9 Å². The van der Waals surface area contributed by atoms with E-state index in [4.69, 9.17) is 4.74 Å². The molecule has 0 radical (unpaired) electrons. The summed E-state index contributed by atoms with van der Waals surface area (Å²) < 4.78 is 6.53. The molecule has 3 rings (SSSR count). The average molecular weight is 511 g/mol. The smallest absolute Gasteiger partial charge is 0.139 e. The first-order valence-corrected chi connectivity index (χ1v) is 11.2. The summed E-state index contributed by atoms with van der Waals surface area (Å²) in [6, 6.07) is 17.4. The van der Waals surface area contributed by atoms with Gasteiger partial charge in [-0.1, -0.05) is 6.07 Å². The number of aromatic nitrogens is 2. The van der Waals surface area contributed by atoms with E-state index in [0.717, 1.165) is 21.4 Å². The van der Waals surface area contributed by atoms with Crippen molar-refractivity contribution in [1.29, 1.82) is 5.26 Å². The molecule has 0 amide bonds. The number of anilines is 4. The van der Waals surface area contributed by atoms with E-state index in [9.17, 15) is 10.4 Å². The number of aryl methyl sites for hydroxylation is 1. The summed E-state index contributed by atoms with van der Waals surface area (Å²) in [4.78, 5) is 12.4. The van der Waals surface area contributed by atoms with Gasteiger partial charge in [-0.15, -0.1) is 0 Å². The lowest BCUT2D eigenvalue weighted by atomic mass is 10.2. The van der Waals surface area contributed by atoms with Crippen molar-refractivity contribution in [1.82, 2.24) is 14.9 Å². The highest BCUT2D eigenvalue weighted by atomic mass is 79.9. The van der Waals surface area contributed by atoms with Gasteiger partial charge in [0.1, 0.15) is 43.0 Å². The summed E-state index contributed by atoms with van der Waals surface area (Å²) in [6.07, 6.45) is 0.912. The third kappa shape index (κ3) is 7.15. The van der Waals surface area contributed by atoms with Gasteiger partial charge in [-0.25, -0.2) is 9.97 Å². The SMILES string of the molecule is Cc1ccc(N(CC#N)c2cc(Nc3ccc(OC[C@@H](O)CN(C)C)cc3)ncn2)c(Br)c1. The molecule has 0 spiro atoms. The highest BCUT2D eigenvalue weighted by Gasteiger charge is 2.15. The van der Waals surface area contributed by atoms with Crippen LogP contribution in [0.2, 0.25) is 0 Å². The molecule has 0 aliphatic rings. The molecule has 0 saturated carbocycles. The van der Waals surface area contributed by atoms with Crippen molar-refractivity contribution in [2.45, 2.75) is 13.0 Å². The lowest BCUT2D eigenvalue weighted by molar-refractivity contribution is 0.0831. The third-order valence-corrected chi connectivity index (χ3v) is 5.33. The van der Waals surface area contributed by atoms with Gasteiger partial charge in [0.05, 0.1) is 11.8 Å². The molecule has 0 saturated heterocycles. The quantitative estimate of drug-likeness (QED) is 0.390. The summed E-state index contributed by atoms with van der Waals surface area (Å²) in [6.45, 7) is 2.92. The Labute approximate surface area is 202 Å².